The fourth-order valence-electron chi connectivity index (χ4n) is 4.09. The number of furan rings is 1. The number of piperidine rings is 3. The van der Waals surface area contributed by atoms with Gasteiger partial charge in [0.05, 0.1) is 0 Å². The maximum Gasteiger partial charge on any atom is 0.287 e. The second-order valence-electron chi connectivity index (χ2n) is 6.86. The van der Waals surface area contributed by atoms with Crippen LogP contribution in [0.3, 0.4) is 0 Å². The van der Waals surface area contributed by atoms with Crippen LogP contribution in [0.5, 0.6) is 0 Å². The van der Waals surface area contributed by atoms with Gasteiger partial charge in [-0.2, -0.15) is 0 Å². The molecule has 0 spiro atoms. The van der Waals surface area contributed by atoms with Gasteiger partial charge in [-0.25, -0.2) is 0 Å². The summed E-state index contributed by atoms with van der Waals surface area (Å²) in [6.45, 7) is 4.50. The second kappa shape index (κ2) is 5.98. The van der Waals surface area contributed by atoms with Crippen LogP contribution in [-0.2, 0) is 0 Å². The highest BCUT2D eigenvalue weighted by atomic mass is 16.3. The Labute approximate surface area is 141 Å². The molecule has 3 N–H and O–H groups in total. The average Bonchev–Trinajstić information content (AvgIpc) is 3.09. The van der Waals surface area contributed by atoms with Crippen molar-refractivity contribution < 1.29 is 9.21 Å². The lowest BCUT2D eigenvalue weighted by molar-refractivity contribution is 0.0211. The van der Waals surface area contributed by atoms with Crippen molar-refractivity contribution in [3.63, 3.8) is 0 Å². The molecule has 0 aliphatic carbocycles. The third kappa shape index (κ3) is 2.59. The van der Waals surface area contributed by atoms with Gasteiger partial charge >= 0.3 is 0 Å². The van der Waals surface area contributed by atoms with Crippen LogP contribution >= 0.6 is 0 Å². The lowest BCUT2D eigenvalue weighted by Gasteiger charge is -2.49. The number of hydrogen-bond acceptors (Lipinski definition) is 4. The number of nitrogens with one attached hydrogen (secondary N) is 1. The number of carbonyl (C=O) groups is 1. The van der Waals surface area contributed by atoms with Crippen LogP contribution < -0.4 is 11.1 Å². The molecule has 0 saturated carbocycles. The van der Waals surface area contributed by atoms with Gasteiger partial charge in [-0.1, -0.05) is 12.1 Å². The molecule has 3 saturated heterocycles. The molecule has 1 aromatic carbocycles. The first-order valence-corrected chi connectivity index (χ1v) is 8.63. The topological polar surface area (TPSA) is 71.5 Å². The summed E-state index contributed by atoms with van der Waals surface area (Å²) in [5.74, 6) is 1.41. The molecule has 2 aromatic rings. The number of carbonyl (C=O) groups excluding carboxylic acids is 1. The van der Waals surface area contributed by atoms with Crippen molar-refractivity contribution in [1.29, 1.82) is 0 Å². The van der Waals surface area contributed by atoms with Crippen LogP contribution in [-0.4, -0.2) is 36.0 Å². The van der Waals surface area contributed by atoms with E-state index in [2.05, 4.69) is 17.1 Å². The number of fused-ring (bicyclic) bond motifs is 3. The third-order valence-corrected chi connectivity index (χ3v) is 5.53. The van der Waals surface area contributed by atoms with Gasteiger partial charge < -0.3 is 15.5 Å². The fourth-order valence-corrected chi connectivity index (χ4v) is 4.09. The second-order valence-corrected chi connectivity index (χ2v) is 6.86. The quantitative estimate of drug-likeness (QED) is 0.851. The summed E-state index contributed by atoms with van der Waals surface area (Å²) in [5, 5.41) is 3.19. The lowest BCUT2D eigenvalue weighted by atomic mass is 9.79. The van der Waals surface area contributed by atoms with Crippen molar-refractivity contribution in [3.8, 4) is 11.3 Å². The minimum Gasteiger partial charge on any atom is -0.451 e. The third-order valence-electron chi connectivity index (χ3n) is 5.53. The number of amides is 1. The number of nitrogen functional groups attached to an aromatic ring is 1. The Morgan fingerprint density at radius 1 is 1.21 bits per heavy atom. The van der Waals surface area contributed by atoms with E-state index in [1.807, 2.05) is 24.3 Å². The van der Waals surface area contributed by atoms with Crippen molar-refractivity contribution in [2.75, 3.05) is 18.8 Å². The molecule has 1 amide bonds. The summed E-state index contributed by atoms with van der Waals surface area (Å²) in [6, 6.07) is 11.6. The van der Waals surface area contributed by atoms with Crippen LogP contribution in [0.1, 0.15) is 30.3 Å². The van der Waals surface area contributed by atoms with Crippen molar-refractivity contribution in [2.24, 2.45) is 5.92 Å². The van der Waals surface area contributed by atoms with Gasteiger partial charge in [0.25, 0.3) is 5.91 Å². The number of nitrogens with zero attached hydrogens (tertiary/aromatic N) is 1. The summed E-state index contributed by atoms with van der Waals surface area (Å²) in [6.07, 6.45) is 2.33. The number of nitrogens with two attached hydrogens (primary N) is 1. The highest BCUT2D eigenvalue weighted by Crippen LogP contribution is 2.32. The van der Waals surface area contributed by atoms with Crippen molar-refractivity contribution in [1.82, 2.24) is 10.2 Å². The van der Waals surface area contributed by atoms with Gasteiger partial charge in [0, 0.05) is 23.3 Å². The molecule has 24 heavy (non-hydrogen) atoms. The van der Waals surface area contributed by atoms with Crippen LogP contribution in [0.2, 0.25) is 0 Å². The number of hydrogen-bond donors (Lipinski definition) is 2. The summed E-state index contributed by atoms with van der Waals surface area (Å²) in [7, 11) is 0. The monoisotopic (exact) mass is 325 g/mol. The molecule has 0 unspecified atom stereocenters. The highest BCUT2D eigenvalue weighted by Gasteiger charge is 2.40. The molecule has 4 heterocycles. The maximum atomic E-state index is 12.6. The molecule has 5 heteroatoms. The first-order chi connectivity index (χ1) is 11.6. The first kappa shape index (κ1) is 15.3. The average molecular weight is 325 g/mol. The van der Waals surface area contributed by atoms with Gasteiger partial charge in [0.15, 0.2) is 5.76 Å². The molecule has 0 radical (unpaired) electrons. The molecule has 3 aliphatic rings. The molecule has 3 fully saturated rings. The molecule has 3 aliphatic heterocycles. The first-order valence-electron chi connectivity index (χ1n) is 8.63. The molecule has 5 rings (SSSR count). The molecule has 2 atom stereocenters. The Morgan fingerprint density at radius 3 is 2.67 bits per heavy atom. The normalized spacial score (nSPS) is 28.7. The van der Waals surface area contributed by atoms with E-state index in [0.717, 1.165) is 18.7 Å². The van der Waals surface area contributed by atoms with E-state index in [1.54, 1.807) is 12.1 Å². The Bertz CT molecular complexity index is 745. The van der Waals surface area contributed by atoms with E-state index in [9.17, 15) is 4.79 Å². The summed E-state index contributed by atoms with van der Waals surface area (Å²) >= 11 is 0. The molecule has 126 valence electrons. The van der Waals surface area contributed by atoms with E-state index in [4.69, 9.17) is 10.2 Å². The highest BCUT2D eigenvalue weighted by molar-refractivity contribution is 5.92. The lowest BCUT2D eigenvalue weighted by Crippen LogP contribution is -2.62. The Morgan fingerprint density at radius 2 is 1.96 bits per heavy atom. The van der Waals surface area contributed by atoms with Gasteiger partial charge in [0.2, 0.25) is 0 Å². The van der Waals surface area contributed by atoms with Gasteiger partial charge in [0.1, 0.15) is 5.76 Å². The molecule has 5 nitrogen and oxygen atoms in total. The van der Waals surface area contributed by atoms with Gasteiger partial charge in [-0.3, -0.25) is 9.69 Å². The fraction of sp³-hybridized carbons (Fsp3) is 0.421. The molecular formula is C19H23N3O2. The largest absolute Gasteiger partial charge is 0.451 e. The van der Waals surface area contributed by atoms with Crippen LogP contribution in [0.25, 0.3) is 11.3 Å². The molecular weight excluding hydrogens is 302 g/mol. The van der Waals surface area contributed by atoms with E-state index in [0.29, 0.717) is 29.2 Å². The van der Waals surface area contributed by atoms with E-state index in [1.165, 1.54) is 12.8 Å². The summed E-state index contributed by atoms with van der Waals surface area (Å²) in [5.41, 5.74) is 7.44. The number of para-hydroxylation sites is 1. The van der Waals surface area contributed by atoms with E-state index in [-0.39, 0.29) is 11.9 Å². The summed E-state index contributed by atoms with van der Waals surface area (Å²) in [4.78, 5) is 15.1. The zero-order valence-electron chi connectivity index (χ0n) is 13.9. The van der Waals surface area contributed by atoms with Crippen molar-refractivity contribution in [3.05, 3.63) is 42.2 Å². The predicted octanol–water partition coefficient (Wildman–Crippen LogP) is 2.74. The maximum absolute atomic E-state index is 12.6. The van der Waals surface area contributed by atoms with Crippen LogP contribution in [0.15, 0.2) is 40.8 Å². The van der Waals surface area contributed by atoms with Crippen molar-refractivity contribution in [2.45, 2.75) is 31.8 Å². The molecule has 2 bridgehead atoms. The standard InChI is InChI=1S/C19H23N3O2/c1-12-18(13-8-10-22(12)11-9-13)21-19(23)17-7-6-16(24-17)14-4-2-3-5-15(14)20/h2-7,12-13,18H,8-11,20H2,1H3,(H,21,23)/t12-,18-/m0/s1. The van der Waals surface area contributed by atoms with E-state index >= 15 is 0 Å². The number of benzene rings is 1. The van der Waals surface area contributed by atoms with Gasteiger partial charge in [-0.05, 0) is 63.0 Å². The minimum atomic E-state index is -0.138. The summed E-state index contributed by atoms with van der Waals surface area (Å²) < 4.78 is 5.76. The SMILES string of the molecule is C[C@H]1[C@H](NC(=O)c2ccc(-c3ccccc3N)o2)C2CCN1CC2. The predicted molar refractivity (Wildman–Crippen MR) is 93.6 cm³/mol. The van der Waals surface area contributed by atoms with Gasteiger partial charge in [-0.15, -0.1) is 0 Å². The Hall–Kier alpha value is -2.27. The zero-order valence-corrected chi connectivity index (χ0v) is 13.9. The van der Waals surface area contributed by atoms with Crippen molar-refractivity contribution >= 4 is 11.6 Å². The number of rotatable bonds is 3. The molecule has 1 aromatic heterocycles. The van der Waals surface area contributed by atoms with Crippen LogP contribution in [0, 0.1) is 5.92 Å². The Balaban J connectivity index is 1.51. The van der Waals surface area contributed by atoms with E-state index < -0.39 is 0 Å². The minimum absolute atomic E-state index is 0.138. The Kier molecular flexibility index (Phi) is 3.81. The smallest absolute Gasteiger partial charge is 0.287 e. The zero-order chi connectivity index (χ0) is 16.7. The van der Waals surface area contributed by atoms with Crippen LogP contribution in [0.4, 0.5) is 5.69 Å². The number of anilines is 1.